The molecule has 0 fully saturated rings. The predicted octanol–water partition coefficient (Wildman–Crippen LogP) is 2.30. The number of fused-ring (bicyclic) bond motifs is 1. The lowest BCUT2D eigenvalue weighted by atomic mass is 10.3. The summed E-state index contributed by atoms with van der Waals surface area (Å²) in [5.41, 5.74) is 3.42. The number of nitrogen functional groups attached to an aromatic ring is 1. The van der Waals surface area contributed by atoms with Crippen LogP contribution >= 0.6 is 11.8 Å². The summed E-state index contributed by atoms with van der Waals surface area (Å²) in [7, 11) is 0. The molecule has 0 radical (unpaired) electrons. The Bertz CT molecular complexity index is 605. The zero-order chi connectivity index (χ0) is 13.2. The van der Waals surface area contributed by atoms with Crippen LogP contribution in [-0.2, 0) is 0 Å². The molecule has 3 N–H and O–H groups in total. The quantitative estimate of drug-likeness (QED) is 0.646. The maximum absolute atomic E-state index is 5.96. The number of nitrogens with zero attached hydrogens (tertiary/aromatic N) is 2. The van der Waals surface area contributed by atoms with Crippen molar-refractivity contribution in [2.24, 2.45) is 5.84 Å². The van der Waals surface area contributed by atoms with E-state index < -0.39 is 0 Å². The van der Waals surface area contributed by atoms with Crippen LogP contribution in [0.1, 0.15) is 17.6 Å². The molecule has 0 saturated carbocycles. The van der Waals surface area contributed by atoms with Crippen molar-refractivity contribution < 1.29 is 4.74 Å². The lowest BCUT2D eigenvalue weighted by molar-refractivity contribution is 0.210. The third kappa shape index (κ3) is 2.50. The number of hydrogen-bond donors (Lipinski definition) is 2. The Labute approximate surface area is 115 Å². The maximum Gasteiger partial charge on any atom is 0.172 e. The summed E-state index contributed by atoms with van der Waals surface area (Å²) in [4.78, 5) is 9.95. The minimum atomic E-state index is -0.146. The fourth-order valence-electron chi connectivity index (χ4n) is 1.96. The molecule has 1 aliphatic heterocycles. The van der Waals surface area contributed by atoms with Gasteiger partial charge in [-0.15, -0.1) is 11.8 Å². The molecule has 0 aliphatic carbocycles. The molecule has 3 rings (SSSR count). The number of para-hydroxylation sites is 1. The number of aromatic nitrogens is 2. The number of nitrogens with one attached hydrogen (secondary N) is 1. The molecule has 19 heavy (non-hydrogen) atoms. The third-order valence-electron chi connectivity index (χ3n) is 2.82. The van der Waals surface area contributed by atoms with E-state index in [9.17, 15) is 0 Å². The topological polar surface area (TPSA) is 73.1 Å². The number of hydrazine groups is 1. The first-order chi connectivity index (χ1) is 9.26. The van der Waals surface area contributed by atoms with E-state index in [1.165, 1.54) is 0 Å². The molecule has 1 aliphatic rings. The largest absolute Gasteiger partial charge is 0.480 e. The van der Waals surface area contributed by atoms with E-state index in [0.29, 0.717) is 11.6 Å². The molecule has 1 aromatic heterocycles. The molecule has 0 saturated heterocycles. The molecule has 1 aromatic carbocycles. The molecular weight excluding hydrogens is 260 g/mol. The van der Waals surface area contributed by atoms with E-state index in [2.05, 4.69) is 21.5 Å². The van der Waals surface area contributed by atoms with E-state index in [-0.39, 0.29) is 6.10 Å². The van der Waals surface area contributed by atoms with E-state index in [0.717, 1.165) is 22.1 Å². The highest BCUT2D eigenvalue weighted by atomic mass is 32.2. The molecule has 2 aromatic rings. The van der Waals surface area contributed by atoms with Crippen LogP contribution in [0.2, 0.25) is 0 Å². The van der Waals surface area contributed by atoms with Gasteiger partial charge in [-0.2, -0.15) is 0 Å². The van der Waals surface area contributed by atoms with Gasteiger partial charge in [0.25, 0.3) is 0 Å². The zero-order valence-electron chi connectivity index (χ0n) is 10.5. The molecule has 0 amide bonds. The predicted molar refractivity (Wildman–Crippen MR) is 75.1 cm³/mol. The number of ether oxygens (including phenoxy) is 1. The number of rotatable bonds is 2. The Morgan fingerprint density at radius 3 is 3.05 bits per heavy atom. The fourth-order valence-corrected chi connectivity index (χ4v) is 2.94. The van der Waals surface area contributed by atoms with Crippen molar-refractivity contribution in [3.05, 3.63) is 41.9 Å². The Kier molecular flexibility index (Phi) is 3.27. The zero-order valence-corrected chi connectivity index (χ0v) is 11.3. The van der Waals surface area contributed by atoms with E-state index in [1.54, 1.807) is 17.8 Å². The van der Waals surface area contributed by atoms with Crippen molar-refractivity contribution in [3.63, 3.8) is 0 Å². The summed E-state index contributed by atoms with van der Waals surface area (Å²) in [5, 5.41) is 0. The minimum Gasteiger partial charge on any atom is -0.480 e. The number of hydrogen-bond acceptors (Lipinski definition) is 6. The van der Waals surface area contributed by atoms with Crippen molar-refractivity contribution in [2.75, 3.05) is 11.2 Å². The molecule has 0 spiro atoms. The monoisotopic (exact) mass is 274 g/mol. The average Bonchev–Trinajstić information content (AvgIpc) is 2.46. The van der Waals surface area contributed by atoms with Crippen LogP contribution in [-0.4, -0.2) is 15.7 Å². The number of anilines is 1. The standard InChI is InChI=1S/C13H14N4OS/c1-8-6-12(17-14)16-13(15-8)10-7-19-11-5-3-2-4-9(11)18-10/h2-6,10H,7,14H2,1H3,(H,15,16,17). The first-order valence-corrected chi connectivity index (χ1v) is 6.95. The molecule has 6 heteroatoms. The first-order valence-electron chi connectivity index (χ1n) is 5.97. The van der Waals surface area contributed by atoms with Crippen molar-refractivity contribution in [3.8, 4) is 5.75 Å². The summed E-state index contributed by atoms with van der Waals surface area (Å²) in [6.07, 6.45) is -0.146. The molecule has 2 heterocycles. The Hall–Kier alpha value is -1.79. The average molecular weight is 274 g/mol. The number of benzene rings is 1. The van der Waals surface area contributed by atoms with E-state index in [4.69, 9.17) is 10.6 Å². The van der Waals surface area contributed by atoms with Crippen LogP contribution < -0.4 is 16.0 Å². The lowest BCUT2D eigenvalue weighted by Gasteiger charge is -2.24. The van der Waals surface area contributed by atoms with Crippen LogP contribution in [0.3, 0.4) is 0 Å². The number of aryl methyl sites for hydroxylation is 1. The highest BCUT2D eigenvalue weighted by Crippen LogP contribution is 2.39. The van der Waals surface area contributed by atoms with Gasteiger partial charge in [0.1, 0.15) is 11.6 Å². The number of nitrogens with two attached hydrogens (primary N) is 1. The van der Waals surface area contributed by atoms with Crippen LogP contribution in [0.5, 0.6) is 5.75 Å². The highest BCUT2D eigenvalue weighted by molar-refractivity contribution is 7.99. The second-order valence-electron chi connectivity index (χ2n) is 4.26. The van der Waals surface area contributed by atoms with Crippen LogP contribution in [0.25, 0.3) is 0 Å². The summed E-state index contributed by atoms with van der Waals surface area (Å²) < 4.78 is 5.96. The van der Waals surface area contributed by atoms with Gasteiger partial charge in [0, 0.05) is 22.4 Å². The summed E-state index contributed by atoms with van der Waals surface area (Å²) in [5.74, 6) is 8.36. The van der Waals surface area contributed by atoms with Crippen LogP contribution in [0, 0.1) is 6.92 Å². The summed E-state index contributed by atoms with van der Waals surface area (Å²) in [6.45, 7) is 1.91. The Morgan fingerprint density at radius 1 is 1.37 bits per heavy atom. The van der Waals surface area contributed by atoms with Crippen molar-refractivity contribution in [1.82, 2.24) is 9.97 Å². The maximum atomic E-state index is 5.96. The third-order valence-corrected chi connectivity index (χ3v) is 3.93. The minimum absolute atomic E-state index is 0.146. The van der Waals surface area contributed by atoms with Gasteiger partial charge in [-0.3, -0.25) is 0 Å². The van der Waals surface area contributed by atoms with E-state index >= 15 is 0 Å². The van der Waals surface area contributed by atoms with Crippen LogP contribution in [0.15, 0.2) is 35.2 Å². The highest BCUT2D eigenvalue weighted by Gasteiger charge is 2.24. The van der Waals surface area contributed by atoms with E-state index in [1.807, 2.05) is 25.1 Å². The van der Waals surface area contributed by atoms with Gasteiger partial charge in [0.05, 0.1) is 0 Å². The number of thioether (sulfide) groups is 1. The molecular formula is C13H14N4OS. The van der Waals surface area contributed by atoms with Gasteiger partial charge in [-0.1, -0.05) is 12.1 Å². The van der Waals surface area contributed by atoms with Gasteiger partial charge >= 0.3 is 0 Å². The summed E-state index contributed by atoms with van der Waals surface area (Å²) >= 11 is 1.75. The molecule has 5 nitrogen and oxygen atoms in total. The molecule has 0 bridgehead atoms. The second kappa shape index (κ2) is 5.07. The summed E-state index contributed by atoms with van der Waals surface area (Å²) in [6, 6.07) is 9.79. The lowest BCUT2D eigenvalue weighted by Crippen LogP contribution is -2.19. The molecule has 1 unspecified atom stereocenters. The Balaban J connectivity index is 1.90. The smallest absolute Gasteiger partial charge is 0.172 e. The normalized spacial score (nSPS) is 17.5. The van der Waals surface area contributed by atoms with Crippen molar-refractivity contribution >= 4 is 17.6 Å². The van der Waals surface area contributed by atoms with Gasteiger partial charge < -0.3 is 10.2 Å². The fraction of sp³-hybridized carbons (Fsp3) is 0.231. The van der Waals surface area contributed by atoms with Gasteiger partial charge in [-0.05, 0) is 19.1 Å². The SMILES string of the molecule is Cc1cc(NN)nc(C2CSc3ccccc3O2)n1. The van der Waals surface area contributed by atoms with Gasteiger partial charge in [0.2, 0.25) is 0 Å². The van der Waals surface area contributed by atoms with Gasteiger partial charge in [0.15, 0.2) is 11.9 Å². The van der Waals surface area contributed by atoms with Crippen LogP contribution in [0.4, 0.5) is 5.82 Å². The second-order valence-corrected chi connectivity index (χ2v) is 5.32. The first kappa shape index (κ1) is 12.3. The molecule has 98 valence electrons. The van der Waals surface area contributed by atoms with Crippen molar-refractivity contribution in [2.45, 2.75) is 17.9 Å². The Morgan fingerprint density at radius 2 is 2.21 bits per heavy atom. The molecule has 1 atom stereocenters. The van der Waals surface area contributed by atoms with Gasteiger partial charge in [-0.25, -0.2) is 15.8 Å². The van der Waals surface area contributed by atoms with Crippen molar-refractivity contribution in [1.29, 1.82) is 0 Å².